The van der Waals surface area contributed by atoms with Gasteiger partial charge in [-0.25, -0.2) is 4.79 Å². The van der Waals surface area contributed by atoms with Gasteiger partial charge in [-0.1, -0.05) is 12.1 Å². The molecule has 1 aromatic heterocycles. The molecule has 2 aliphatic heterocycles. The van der Waals surface area contributed by atoms with Crippen LogP contribution in [0.25, 0.3) is 0 Å². The number of benzene rings is 1. The lowest BCUT2D eigenvalue weighted by Gasteiger charge is -2.17. The van der Waals surface area contributed by atoms with Crippen molar-refractivity contribution in [2.45, 2.75) is 37.4 Å². The molecule has 11 nitrogen and oxygen atoms in total. The first kappa shape index (κ1) is 20.8. The summed E-state index contributed by atoms with van der Waals surface area (Å²) in [5.41, 5.74) is -0.949. The lowest BCUT2D eigenvalue weighted by Crippen LogP contribution is -2.37. The highest BCUT2D eigenvalue weighted by Gasteiger charge is 2.44. The van der Waals surface area contributed by atoms with E-state index in [-0.39, 0.29) is 24.0 Å². The standard InChI is InChI=1S/C20H19N3O8/c24-10(9-23-17(28)11-3-1-2-4-12(11)18(23)29)5-6-13-15(26)16(27)19(31-13)22-8-7-14(25)21-20(22)30/h1-4,7-8,13,15-16,19,26-27H,5-6,9H2,(H,21,25,30)/t13-,15+,16?,19-/m1/s1. The topological polar surface area (TPSA) is 159 Å². The first-order chi connectivity index (χ1) is 14.8. The summed E-state index contributed by atoms with van der Waals surface area (Å²) in [7, 11) is 0. The maximum Gasteiger partial charge on any atom is 0.330 e. The van der Waals surface area contributed by atoms with Gasteiger partial charge in [0, 0.05) is 18.7 Å². The predicted molar refractivity (Wildman–Crippen MR) is 103 cm³/mol. The van der Waals surface area contributed by atoms with Crippen LogP contribution in [-0.4, -0.2) is 67.1 Å². The van der Waals surface area contributed by atoms with Gasteiger partial charge in [-0.05, 0) is 18.6 Å². The molecule has 162 valence electrons. The zero-order chi connectivity index (χ0) is 22.3. The number of aromatic amines is 1. The van der Waals surface area contributed by atoms with E-state index in [0.717, 1.165) is 21.7 Å². The number of hydrogen-bond donors (Lipinski definition) is 3. The average molecular weight is 429 g/mol. The van der Waals surface area contributed by atoms with Crippen molar-refractivity contribution in [1.29, 1.82) is 0 Å². The minimum atomic E-state index is -1.46. The Labute approximate surface area is 174 Å². The minimum absolute atomic E-state index is 0.00513. The average Bonchev–Trinajstić information content (AvgIpc) is 3.16. The number of fused-ring (bicyclic) bond motifs is 1. The van der Waals surface area contributed by atoms with Crippen molar-refractivity contribution in [2.24, 2.45) is 0 Å². The molecule has 2 aliphatic rings. The molecule has 3 heterocycles. The van der Waals surface area contributed by atoms with E-state index in [2.05, 4.69) is 0 Å². The summed E-state index contributed by atoms with van der Waals surface area (Å²) in [6.07, 6.45) is -4.04. The zero-order valence-corrected chi connectivity index (χ0v) is 16.1. The van der Waals surface area contributed by atoms with Crippen LogP contribution in [-0.2, 0) is 9.53 Å². The van der Waals surface area contributed by atoms with E-state index in [4.69, 9.17) is 4.74 Å². The Morgan fingerprint density at radius 1 is 1.00 bits per heavy atom. The zero-order valence-electron chi connectivity index (χ0n) is 16.1. The highest BCUT2D eigenvalue weighted by Crippen LogP contribution is 2.31. The van der Waals surface area contributed by atoms with Gasteiger partial charge in [0.15, 0.2) is 12.0 Å². The van der Waals surface area contributed by atoms with Crippen molar-refractivity contribution in [3.63, 3.8) is 0 Å². The van der Waals surface area contributed by atoms with Crippen LogP contribution in [0.1, 0.15) is 39.8 Å². The van der Waals surface area contributed by atoms with Gasteiger partial charge in [-0.2, -0.15) is 0 Å². The summed E-state index contributed by atoms with van der Waals surface area (Å²) in [5.74, 6) is -1.51. The molecule has 4 rings (SSSR count). The lowest BCUT2D eigenvalue weighted by atomic mass is 10.0. The van der Waals surface area contributed by atoms with Crippen molar-refractivity contribution >= 4 is 17.6 Å². The summed E-state index contributed by atoms with van der Waals surface area (Å²) in [5, 5.41) is 20.5. The molecule has 0 spiro atoms. The number of ether oxygens (including phenoxy) is 1. The van der Waals surface area contributed by atoms with Crippen LogP contribution in [0, 0.1) is 0 Å². The van der Waals surface area contributed by atoms with Crippen LogP contribution >= 0.6 is 0 Å². The van der Waals surface area contributed by atoms with E-state index in [9.17, 15) is 34.2 Å². The Bertz CT molecular complexity index is 1130. The second-order valence-electron chi connectivity index (χ2n) is 7.38. The smallest absolute Gasteiger partial charge is 0.330 e. The fraction of sp³-hybridized carbons (Fsp3) is 0.350. The number of H-pyrrole nitrogens is 1. The first-order valence-electron chi connectivity index (χ1n) is 9.58. The number of hydrogen-bond acceptors (Lipinski definition) is 8. The summed E-state index contributed by atoms with van der Waals surface area (Å²) >= 11 is 0. The van der Waals surface area contributed by atoms with Crippen molar-refractivity contribution in [2.75, 3.05) is 6.54 Å². The van der Waals surface area contributed by atoms with Crippen LogP contribution in [0.2, 0.25) is 0 Å². The van der Waals surface area contributed by atoms with Crippen molar-refractivity contribution in [3.8, 4) is 0 Å². The number of amides is 2. The number of aromatic nitrogens is 2. The molecule has 0 bridgehead atoms. The SMILES string of the molecule is O=C(CC[C@H]1O[C@@H](n2ccc(=O)[nH]c2=O)C(O)[C@H]1O)CN1C(=O)c2ccccc2C1=O. The molecular formula is C20H19N3O8. The fourth-order valence-corrected chi connectivity index (χ4v) is 3.77. The van der Waals surface area contributed by atoms with Gasteiger partial charge in [0.05, 0.1) is 23.8 Å². The van der Waals surface area contributed by atoms with Gasteiger partial charge < -0.3 is 14.9 Å². The van der Waals surface area contributed by atoms with Crippen molar-refractivity contribution < 1.29 is 29.3 Å². The second kappa shape index (κ2) is 8.02. The Balaban J connectivity index is 1.38. The Morgan fingerprint density at radius 2 is 1.65 bits per heavy atom. The van der Waals surface area contributed by atoms with E-state index in [0.29, 0.717) is 0 Å². The van der Waals surface area contributed by atoms with E-state index < -0.39 is 59.9 Å². The highest BCUT2D eigenvalue weighted by atomic mass is 16.6. The number of aliphatic hydroxyl groups is 2. The van der Waals surface area contributed by atoms with Gasteiger partial charge in [-0.15, -0.1) is 0 Å². The number of ketones is 1. The normalized spacial score (nSPS) is 25.2. The van der Waals surface area contributed by atoms with Crippen LogP contribution in [0.5, 0.6) is 0 Å². The molecule has 0 radical (unpaired) electrons. The quantitative estimate of drug-likeness (QED) is 0.483. The molecular weight excluding hydrogens is 410 g/mol. The van der Waals surface area contributed by atoms with Gasteiger partial charge in [-0.3, -0.25) is 33.6 Å². The lowest BCUT2D eigenvalue weighted by molar-refractivity contribution is -0.120. The van der Waals surface area contributed by atoms with E-state index in [1.807, 2.05) is 4.98 Å². The molecule has 1 fully saturated rings. The third-order valence-corrected chi connectivity index (χ3v) is 5.38. The monoisotopic (exact) mass is 429 g/mol. The Morgan fingerprint density at radius 3 is 2.26 bits per heavy atom. The molecule has 3 N–H and O–H groups in total. The number of aliphatic hydroxyl groups excluding tert-OH is 2. The van der Waals surface area contributed by atoms with Gasteiger partial charge >= 0.3 is 5.69 Å². The summed E-state index contributed by atoms with van der Waals surface area (Å²) in [6.45, 7) is -0.416. The summed E-state index contributed by atoms with van der Waals surface area (Å²) in [4.78, 5) is 63.1. The minimum Gasteiger partial charge on any atom is -0.388 e. The Hall–Kier alpha value is -3.41. The molecule has 31 heavy (non-hydrogen) atoms. The molecule has 1 aromatic carbocycles. The third-order valence-electron chi connectivity index (χ3n) is 5.38. The van der Waals surface area contributed by atoms with Crippen molar-refractivity contribution in [1.82, 2.24) is 14.5 Å². The van der Waals surface area contributed by atoms with Crippen LogP contribution in [0.4, 0.5) is 0 Å². The number of nitrogens with zero attached hydrogens (tertiary/aromatic N) is 2. The molecule has 0 aliphatic carbocycles. The molecule has 2 amide bonds. The molecule has 4 atom stereocenters. The van der Waals surface area contributed by atoms with Gasteiger partial charge in [0.2, 0.25) is 0 Å². The fourth-order valence-electron chi connectivity index (χ4n) is 3.77. The number of carbonyl (C=O) groups excluding carboxylic acids is 3. The van der Waals surface area contributed by atoms with E-state index in [1.165, 1.54) is 12.1 Å². The van der Waals surface area contributed by atoms with Crippen LogP contribution < -0.4 is 11.2 Å². The largest absolute Gasteiger partial charge is 0.388 e. The van der Waals surface area contributed by atoms with E-state index >= 15 is 0 Å². The molecule has 11 heteroatoms. The number of imide groups is 1. The van der Waals surface area contributed by atoms with Crippen LogP contribution in [0.15, 0.2) is 46.1 Å². The Kier molecular flexibility index (Phi) is 5.39. The molecule has 1 saturated heterocycles. The second-order valence-corrected chi connectivity index (χ2v) is 7.38. The van der Waals surface area contributed by atoms with Crippen molar-refractivity contribution in [3.05, 3.63) is 68.5 Å². The number of nitrogens with one attached hydrogen (secondary N) is 1. The third kappa shape index (κ3) is 3.74. The molecule has 2 aromatic rings. The summed E-state index contributed by atoms with van der Waals surface area (Å²) in [6, 6.07) is 7.36. The number of rotatable bonds is 6. The van der Waals surface area contributed by atoms with Gasteiger partial charge in [0.1, 0.15) is 12.2 Å². The van der Waals surface area contributed by atoms with Gasteiger partial charge in [0.25, 0.3) is 17.4 Å². The molecule has 0 saturated carbocycles. The maximum atomic E-state index is 12.4. The maximum absolute atomic E-state index is 12.4. The molecule has 1 unspecified atom stereocenters. The van der Waals surface area contributed by atoms with E-state index in [1.54, 1.807) is 12.1 Å². The predicted octanol–water partition coefficient (Wildman–Crippen LogP) is -1.20. The highest BCUT2D eigenvalue weighted by molar-refractivity contribution is 6.22. The first-order valence-corrected chi connectivity index (χ1v) is 9.58. The number of carbonyl (C=O) groups is 3. The van der Waals surface area contributed by atoms with Crippen LogP contribution in [0.3, 0.4) is 0 Å². The number of Topliss-reactive ketones (excluding diaryl/α,β-unsaturated/α-hetero) is 1. The summed E-state index contributed by atoms with van der Waals surface area (Å²) < 4.78 is 6.49.